The molecule has 0 unspecified atom stereocenters. The van der Waals surface area contributed by atoms with Gasteiger partial charge in [-0.3, -0.25) is 4.79 Å². The topological polar surface area (TPSA) is 41.1 Å². The second kappa shape index (κ2) is 8.98. The summed E-state index contributed by atoms with van der Waals surface area (Å²) in [5, 5.41) is 6.37. The van der Waals surface area contributed by atoms with Crippen LogP contribution >= 0.6 is 12.4 Å². The number of carbonyl (C=O) groups is 1. The largest absolute Gasteiger partial charge is 0.356 e. The van der Waals surface area contributed by atoms with Crippen molar-refractivity contribution >= 4 is 18.3 Å². The number of halogens is 1. The molecule has 1 aliphatic rings. The Kier molecular flexibility index (Phi) is 7.63. The summed E-state index contributed by atoms with van der Waals surface area (Å²) in [4.78, 5) is 11.9. The van der Waals surface area contributed by atoms with Crippen LogP contribution in [0.4, 0.5) is 0 Å². The third kappa shape index (κ3) is 5.51. The van der Waals surface area contributed by atoms with E-state index in [0.29, 0.717) is 12.3 Å². The molecule has 2 N–H and O–H groups in total. The van der Waals surface area contributed by atoms with E-state index in [1.165, 1.54) is 11.1 Å². The molecule has 0 aliphatic carbocycles. The summed E-state index contributed by atoms with van der Waals surface area (Å²) < 4.78 is 0. The number of hydrogen-bond donors (Lipinski definition) is 2. The molecule has 0 saturated carbocycles. The van der Waals surface area contributed by atoms with E-state index in [1.807, 2.05) is 0 Å². The maximum atomic E-state index is 11.9. The molecule has 1 aromatic carbocycles. The molecular formula is C16H25ClN2O. The van der Waals surface area contributed by atoms with Crippen molar-refractivity contribution < 1.29 is 4.79 Å². The van der Waals surface area contributed by atoms with Crippen molar-refractivity contribution in [3.05, 3.63) is 35.4 Å². The minimum absolute atomic E-state index is 0. The van der Waals surface area contributed by atoms with Crippen molar-refractivity contribution in [3.8, 4) is 0 Å². The molecule has 3 nitrogen and oxygen atoms in total. The monoisotopic (exact) mass is 296 g/mol. The van der Waals surface area contributed by atoms with Gasteiger partial charge in [0.2, 0.25) is 5.91 Å². The standard InChI is InChI=1S/C16H24N2O.ClH/c1-13-4-2-3-5-15(13)8-11-18-16(19)12-14-6-9-17-10-7-14;/h2-5,14,17H,6-12H2,1H3,(H,18,19);1H. The molecule has 4 heteroatoms. The van der Waals surface area contributed by atoms with Gasteiger partial charge in [-0.25, -0.2) is 0 Å². The molecule has 1 amide bonds. The van der Waals surface area contributed by atoms with Crippen LogP contribution in [0.1, 0.15) is 30.4 Å². The van der Waals surface area contributed by atoms with Crippen molar-refractivity contribution in [2.24, 2.45) is 5.92 Å². The van der Waals surface area contributed by atoms with Crippen LogP contribution in [0.2, 0.25) is 0 Å². The van der Waals surface area contributed by atoms with Crippen LogP contribution in [0.25, 0.3) is 0 Å². The Labute approximate surface area is 127 Å². The predicted molar refractivity (Wildman–Crippen MR) is 85.4 cm³/mol. The molecule has 0 bridgehead atoms. The summed E-state index contributed by atoms with van der Waals surface area (Å²) in [5.74, 6) is 0.778. The fraction of sp³-hybridized carbons (Fsp3) is 0.562. The smallest absolute Gasteiger partial charge is 0.220 e. The van der Waals surface area contributed by atoms with Gasteiger partial charge in [-0.2, -0.15) is 0 Å². The van der Waals surface area contributed by atoms with E-state index >= 15 is 0 Å². The summed E-state index contributed by atoms with van der Waals surface area (Å²) in [6, 6.07) is 8.36. The van der Waals surface area contributed by atoms with Gasteiger partial charge in [0.05, 0.1) is 0 Å². The zero-order valence-electron chi connectivity index (χ0n) is 12.2. The molecule has 0 spiro atoms. The zero-order chi connectivity index (χ0) is 13.5. The molecule has 112 valence electrons. The third-order valence-electron chi connectivity index (χ3n) is 3.91. The molecule has 1 heterocycles. The van der Waals surface area contributed by atoms with E-state index in [2.05, 4.69) is 41.8 Å². The van der Waals surface area contributed by atoms with Gasteiger partial charge in [-0.15, -0.1) is 12.4 Å². The lowest BCUT2D eigenvalue weighted by atomic mass is 9.94. The fourth-order valence-electron chi connectivity index (χ4n) is 2.65. The van der Waals surface area contributed by atoms with Gasteiger partial charge in [0, 0.05) is 13.0 Å². The summed E-state index contributed by atoms with van der Waals surface area (Å²) in [7, 11) is 0. The molecule has 1 aromatic rings. The number of aryl methyl sites for hydroxylation is 1. The minimum atomic E-state index is 0. The van der Waals surface area contributed by atoms with Crippen LogP contribution < -0.4 is 10.6 Å². The highest BCUT2D eigenvalue weighted by atomic mass is 35.5. The lowest BCUT2D eigenvalue weighted by Gasteiger charge is -2.21. The van der Waals surface area contributed by atoms with Gasteiger partial charge >= 0.3 is 0 Å². The second-order valence-electron chi connectivity index (χ2n) is 5.42. The molecule has 0 aromatic heterocycles. The van der Waals surface area contributed by atoms with Gasteiger partial charge < -0.3 is 10.6 Å². The predicted octanol–water partition coefficient (Wildman–Crippen LogP) is 2.47. The van der Waals surface area contributed by atoms with E-state index in [1.54, 1.807) is 0 Å². The maximum Gasteiger partial charge on any atom is 0.220 e. The quantitative estimate of drug-likeness (QED) is 0.876. The number of hydrogen-bond acceptors (Lipinski definition) is 2. The molecule has 1 fully saturated rings. The minimum Gasteiger partial charge on any atom is -0.356 e. The first-order valence-electron chi connectivity index (χ1n) is 7.27. The number of rotatable bonds is 5. The van der Waals surface area contributed by atoms with Gasteiger partial charge in [-0.1, -0.05) is 24.3 Å². The molecule has 1 saturated heterocycles. The Morgan fingerprint density at radius 1 is 1.30 bits per heavy atom. The lowest BCUT2D eigenvalue weighted by Crippen LogP contribution is -2.33. The Morgan fingerprint density at radius 3 is 2.70 bits per heavy atom. The third-order valence-corrected chi connectivity index (χ3v) is 3.91. The van der Waals surface area contributed by atoms with Crippen LogP contribution in [-0.4, -0.2) is 25.5 Å². The molecular weight excluding hydrogens is 272 g/mol. The fourth-order valence-corrected chi connectivity index (χ4v) is 2.65. The first kappa shape index (κ1) is 17.0. The van der Waals surface area contributed by atoms with E-state index < -0.39 is 0 Å². The summed E-state index contributed by atoms with van der Waals surface area (Å²) in [6.45, 7) is 4.98. The number of carbonyl (C=O) groups excluding carboxylic acids is 1. The molecule has 0 radical (unpaired) electrons. The van der Waals surface area contributed by atoms with E-state index in [4.69, 9.17) is 0 Å². The van der Waals surface area contributed by atoms with Crippen LogP contribution in [0.5, 0.6) is 0 Å². The van der Waals surface area contributed by atoms with Gasteiger partial charge in [-0.05, 0) is 56.3 Å². The zero-order valence-corrected chi connectivity index (χ0v) is 13.0. The lowest BCUT2D eigenvalue weighted by molar-refractivity contribution is -0.122. The number of piperidine rings is 1. The normalized spacial score (nSPS) is 15.4. The summed E-state index contributed by atoms with van der Waals surface area (Å²) >= 11 is 0. The second-order valence-corrected chi connectivity index (χ2v) is 5.42. The van der Waals surface area contributed by atoms with Gasteiger partial charge in [0.1, 0.15) is 0 Å². The number of nitrogens with one attached hydrogen (secondary N) is 2. The SMILES string of the molecule is Cc1ccccc1CCNC(=O)CC1CCNCC1.Cl. The molecule has 1 aliphatic heterocycles. The molecule has 2 rings (SSSR count). The highest BCUT2D eigenvalue weighted by molar-refractivity contribution is 5.85. The van der Waals surface area contributed by atoms with Gasteiger partial charge in [0.25, 0.3) is 0 Å². The highest BCUT2D eigenvalue weighted by Gasteiger charge is 2.16. The Balaban J connectivity index is 0.00000200. The summed E-state index contributed by atoms with van der Waals surface area (Å²) in [5.41, 5.74) is 2.62. The van der Waals surface area contributed by atoms with Crippen molar-refractivity contribution in [3.63, 3.8) is 0 Å². The van der Waals surface area contributed by atoms with E-state index in [-0.39, 0.29) is 18.3 Å². The molecule has 0 atom stereocenters. The Bertz CT molecular complexity index is 417. The van der Waals surface area contributed by atoms with Crippen molar-refractivity contribution in [2.45, 2.75) is 32.6 Å². The van der Waals surface area contributed by atoms with Gasteiger partial charge in [0.15, 0.2) is 0 Å². The van der Waals surface area contributed by atoms with Crippen molar-refractivity contribution in [2.75, 3.05) is 19.6 Å². The maximum absolute atomic E-state index is 11.9. The van der Waals surface area contributed by atoms with Crippen LogP contribution in [-0.2, 0) is 11.2 Å². The average Bonchev–Trinajstić information content (AvgIpc) is 2.42. The first-order valence-corrected chi connectivity index (χ1v) is 7.27. The Morgan fingerprint density at radius 2 is 2.00 bits per heavy atom. The molecule has 20 heavy (non-hydrogen) atoms. The highest BCUT2D eigenvalue weighted by Crippen LogP contribution is 2.15. The van der Waals surface area contributed by atoms with Crippen LogP contribution in [0.3, 0.4) is 0 Å². The van der Waals surface area contributed by atoms with Crippen molar-refractivity contribution in [1.29, 1.82) is 0 Å². The van der Waals surface area contributed by atoms with Crippen LogP contribution in [0, 0.1) is 12.8 Å². The van der Waals surface area contributed by atoms with Crippen molar-refractivity contribution in [1.82, 2.24) is 10.6 Å². The van der Waals surface area contributed by atoms with E-state index in [9.17, 15) is 4.79 Å². The van der Waals surface area contributed by atoms with E-state index in [0.717, 1.165) is 38.9 Å². The summed E-state index contributed by atoms with van der Waals surface area (Å²) in [6.07, 6.45) is 3.87. The number of benzene rings is 1. The average molecular weight is 297 g/mol. The van der Waals surface area contributed by atoms with Crippen LogP contribution in [0.15, 0.2) is 24.3 Å². The first-order chi connectivity index (χ1) is 9.25. The number of amides is 1. The Hall–Kier alpha value is -1.06.